The summed E-state index contributed by atoms with van der Waals surface area (Å²) in [4.78, 5) is 0. The SMILES string of the molecule is O.O.O=S(O)CO.[NaH]. The summed E-state index contributed by atoms with van der Waals surface area (Å²) in [5.74, 6) is -0.667. The number of rotatable bonds is 1. The third-order valence-corrected chi connectivity index (χ3v) is 0.331. The number of hydrogen-bond donors (Lipinski definition) is 2. The van der Waals surface area contributed by atoms with Crippen LogP contribution in [0.5, 0.6) is 0 Å². The van der Waals surface area contributed by atoms with E-state index >= 15 is 0 Å². The van der Waals surface area contributed by atoms with Crippen molar-refractivity contribution in [2.45, 2.75) is 0 Å². The van der Waals surface area contributed by atoms with Gasteiger partial charge in [0.15, 0.2) is 11.1 Å². The topological polar surface area (TPSA) is 121 Å². The Hall–Kier alpha value is 0.990. The maximum atomic E-state index is 9.23. The summed E-state index contributed by atoms with van der Waals surface area (Å²) in [6.07, 6.45) is 0. The van der Waals surface area contributed by atoms with Gasteiger partial charge in [0, 0.05) is 0 Å². The zero-order valence-corrected chi connectivity index (χ0v) is 4.23. The van der Waals surface area contributed by atoms with Gasteiger partial charge in [0.25, 0.3) is 0 Å². The molecule has 7 heteroatoms. The van der Waals surface area contributed by atoms with Crippen LogP contribution in [0.3, 0.4) is 0 Å². The molecular weight excluding hydrogens is 147 g/mol. The predicted molar refractivity (Wildman–Crippen MR) is 32.2 cm³/mol. The van der Waals surface area contributed by atoms with Crippen LogP contribution < -0.4 is 0 Å². The Bertz CT molecular complexity index is 47.7. The Balaban J connectivity index is -0.0000000267. The van der Waals surface area contributed by atoms with Gasteiger partial charge in [-0.2, -0.15) is 0 Å². The van der Waals surface area contributed by atoms with Crippen LogP contribution in [-0.4, -0.2) is 60.3 Å². The second-order valence-corrected chi connectivity index (χ2v) is 1.35. The van der Waals surface area contributed by atoms with Crippen LogP contribution in [-0.2, 0) is 11.1 Å². The maximum absolute atomic E-state index is 9.23. The molecule has 0 aliphatic rings. The first-order valence-electron chi connectivity index (χ1n) is 0.954. The summed E-state index contributed by atoms with van der Waals surface area (Å²) in [5.41, 5.74) is 0. The summed E-state index contributed by atoms with van der Waals surface area (Å²) < 4.78 is 16.8. The van der Waals surface area contributed by atoms with Gasteiger partial charge in [-0.3, -0.25) is 0 Å². The van der Waals surface area contributed by atoms with E-state index in [0.29, 0.717) is 0 Å². The van der Waals surface area contributed by atoms with Gasteiger partial charge in [-0.25, -0.2) is 4.21 Å². The van der Waals surface area contributed by atoms with Gasteiger partial charge >= 0.3 is 29.6 Å². The van der Waals surface area contributed by atoms with E-state index in [2.05, 4.69) is 0 Å². The van der Waals surface area contributed by atoms with Crippen LogP contribution in [0.1, 0.15) is 0 Å². The average Bonchev–Trinajstić information content (AvgIpc) is 1.38. The Morgan fingerprint density at radius 2 is 1.50 bits per heavy atom. The molecule has 0 aromatic heterocycles. The van der Waals surface area contributed by atoms with E-state index in [-0.39, 0.29) is 40.5 Å². The summed E-state index contributed by atoms with van der Waals surface area (Å²) in [6.45, 7) is 0. The van der Waals surface area contributed by atoms with Crippen molar-refractivity contribution < 1.29 is 24.8 Å². The minimum atomic E-state index is -2.02. The summed E-state index contributed by atoms with van der Waals surface area (Å²) in [7, 11) is 0. The Kier molecular flexibility index (Phi) is 45.2. The fourth-order valence-corrected chi connectivity index (χ4v) is 0. The summed E-state index contributed by atoms with van der Waals surface area (Å²) in [6, 6.07) is 0. The molecule has 5 nitrogen and oxygen atoms in total. The van der Waals surface area contributed by atoms with E-state index in [0.717, 1.165) is 0 Å². The molecule has 0 heterocycles. The van der Waals surface area contributed by atoms with Crippen molar-refractivity contribution in [3.63, 3.8) is 0 Å². The molecule has 1 atom stereocenters. The van der Waals surface area contributed by atoms with Crippen LogP contribution in [0.4, 0.5) is 0 Å². The molecule has 50 valence electrons. The molecule has 0 saturated carbocycles. The Morgan fingerprint density at radius 1 is 1.38 bits per heavy atom. The monoisotopic (exact) mass is 156 g/mol. The van der Waals surface area contributed by atoms with Crippen molar-refractivity contribution >= 4 is 40.6 Å². The Morgan fingerprint density at radius 3 is 1.50 bits per heavy atom. The second-order valence-electron chi connectivity index (χ2n) is 0.451. The standard InChI is InChI=1S/CH4O3S.Na.2H2O.H/c2-1-5(3)4;;;;/h2H,1H2,(H,3,4);;2*1H2;. The van der Waals surface area contributed by atoms with Crippen LogP contribution in [0, 0.1) is 0 Å². The second kappa shape index (κ2) is 15.7. The van der Waals surface area contributed by atoms with Gasteiger partial charge in [0.1, 0.15) is 5.94 Å². The molecule has 0 rings (SSSR count). The van der Waals surface area contributed by atoms with Crippen molar-refractivity contribution in [2.75, 3.05) is 5.94 Å². The number of aliphatic hydroxyl groups excluding tert-OH is 1. The van der Waals surface area contributed by atoms with Gasteiger partial charge in [-0.15, -0.1) is 0 Å². The predicted octanol–water partition coefficient (Wildman–Crippen LogP) is -3.14. The number of aliphatic hydroxyl groups is 1. The van der Waals surface area contributed by atoms with Crippen molar-refractivity contribution in [3.05, 3.63) is 0 Å². The first-order chi connectivity index (χ1) is 2.27. The third kappa shape index (κ3) is 28.1. The summed E-state index contributed by atoms with van der Waals surface area (Å²) >= 11 is -2.02. The zero-order valence-electron chi connectivity index (χ0n) is 3.42. The van der Waals surface area contributed by atoms with Crippen LogP contribution in [0.25, 0.3) is 0 Å². The Labute approximate surface area is 71.3 Å². The van der Waals surface area contributed by atoms with Gasteiger partial charge < -0.3 is 20.6 Å². The molecule has 0 spiro atoms. The molecule has 0 radical (unpaired) electrons. The van der Waals surface area contributed by atoms with Crippen molar-refractivity contribution in [2.24, 2.45) is 0 Å². The molecule has 0 aromatic rings. The van der Waals surface area contributed by atoms with E-state index in [9.17, 15) is 4.21 Å². The first-order valence-corrected chi connectivity index (χ1v) is 2.23. The van der Waals surface area contributed by atoms with Crippen LogP contribution in [0.2, 0.25) is 0 Å². The van der Waals surface area contributed by atoms with Crippen LogP contribution >= 0.6 is 0 Å². The molecule has 1 unspecified atom stereocenters. The molecule has 0 aliphatic carbocycles. The normalized spacial score (nSPS) is 9.25. The minimum absolute atomic E-state index is 0. The number of hydrogen-bond acceptors (Lipinski definition) is 2. The van der Waals surface area contributed by atoms with Gasteiger partial charge in [-0.05, 0) is 0 Å². The van der Waals surface area contributed by atoms with Crippen LogP contribution in [0.15, 0.2) is 0 Å². The van der Waals surface area contributed by atoms with Gasteiger partial charge in [0.2, 0.25) is 0 Å². The average molecular weight is 156 g/mol. The molecule has 8 heavy (non-hydrogen) atoms. The van der Waals surface area contributed by atoms with E-state index in [1.165, 1.54) is 0 Å². The molecule has 0 fully saturated rings. The molecule has 0 aliphatic heterocycles. The van der Waals surface area contributed by atoms with Gasteiger partial charge in [-0.1, -0.05) is 0 Å². The van der Waals surface area contributed by atoms with E-state index < -0.39 is 17.0 Å². The van der Waals surface area contributed by atoms with Gasteiger partial charge in [0.05, 0.1) is 0 Å². The fourth-order valence-electron chi connectivity index (χ4n) is 0. The van der Waals surface area contributed by atoms with E-state index in [1.54, 1.807) is 0 Å². The van der Waals surface area contributed by atoms with E-state index in [4.69, 9.17) is 9.66 Å². The zero-order chi connectivity index (χ0) is 4.28. The molecule has 0 aromatic carbocycles. The molecule has 0 bridgehead atoms. The van der Waals surface area contributed by atoms with E-state index in [1.807, 2.05) is 0 Å². The molecular formula is CH9NaO5S. The van der Waals surface area contributed by atoms with Crippen molar-refractivity contribution in [1.82, 2.24) is 0 Å². The van der Waals surface area contributed by atoms with Crippen molar-refractivity contribution in [1.29, 1.82) is 0 Å². The van der Waals surface area contributed by atoms with Crippen molar-refractivity contribution in [3.8, 4) is 0 Å². The summed E-state index contributed by atoms with van der Waals surface area (Å²) in [5, 5.41) is 7.59. The molecule has 6 N–H and O–H groups in total. The fraction of sp³-hybridized carbons (Fsp3) is 1.00. The molecule has 0 amide bonds. The quantitative estimate of drug-likeness (QED) is 0.308. The molecule has 0 saturated heterocycles. The first kappa shape index (κ1) is 23.0. The third-order valence-electron chi connectivity index (χ3n) is 0.110.